The molecule has 11 heteroatoms. The maximum atomic E-state index is 13.5. The minimum absolute atomic E-state index is 0.0314. The molecule has 2 rings (SSSR count). The molecular weight excluding hydrogens is 629 g/mol. The van der Waals surface area contributed by atoms with Gasteiger partial charge in [-0.3, -0.25) is 8.37 Å². The number of aliphatic hydroxyl groups excluding tert-OH is 3. The Morgan fingerprint density at radius 1 is 0.478 bits per heavy atom. The Bertz CT molecular complexity index is 1370. The third kappa shape index (κ3) is 9.61. The molecule has 0 fully saturated rings. The van der Waals surface area contributed by atoms with Crippen molar-refractivity contribution in [2.75, 3.05) is 13.2 Å². The summed E-state index contributed by atoms with van der Waals surface area (Å²) in [7, 11) is -8.79. The van der Waals surface area contributed by atoms with Crippen molar-refractivity contribution in [1.82, 2.24) is 0 Å². The predicted octanol–water partition coefficient (Wildman–Crippen LogP) is 6.62. The molecule has 0 aliphatic heterocycles. The number of hydrogen-bond acceptors (Lipinski definition) is 9. The molecule has 9 nitrogen and oxygen atoms in total. The summed E-state index contributed by atoms with van der Waals surface area (Å²) in [6, 6.07) is 7.43. The molecule has 46 heavy (non-hydrogen) atoms. The molecule has 3 N–H and O–H groups in total. The van der Waals surface area contributed by atoms with Gasteiger partial charge in [0.25, 0.3) is 20.2 Å². The van der Waals surface area contributed by atoms with Gasteiger partial charge in [-0.2, -0.15) is 16.8 Å². The molecule has 0 unspecified atom stereocenters. The van der Waals surface area contributed by atoms with Crippen molar-refractivity contribution in [2.24, 2.45) is 0 Å². The summed E-state index contributed by atoms with van der Waals surface area (Å²) in [4.78, 5) is 0.0629. The second kappa shape index (κ2) is 16.0. The summed E-state index contributed by atoms with van der Waals surface area (Å²) >= 11 is 0. The van der Waals surface area contributed by atoms with Crippen LogP contribution in [0, 0.1) is 0 Å². The van der Waals surface area contributed by atoms with Crippen molar-refractivity contribution in [2.45, 2.75) is 147 Å². The lowest BCUT2D eigenvalue weighted by molar-refractivity contribution is -0.0829. The van der Waals surface area contributed by atoms with Crippen LogP contribution in [0.5, 0.6) is 0 Å². The normalized spacial score (nSPS) is 14.6. The van der Waals surface area contributed by atoms with E-state index >= 15 is 0 Å². The van der Waals surface area contributed by atoms with Crippen molar-refractivity contribution >= 4 is 20.2 Å². The van der Waals surface area contributed by atoms with E-state index in [0.717, 1.165) is 11.1 Å². The first-order valence-corrected chi connectivity index (χ1v) is 19.0. The third-order valence-electron chi connectivity index (χ3n) is 8.24. The van der Waals surface area contributed by atoms with Crippen LogP contribution >= 0.6 is 0 Å². The van der Waals surface area contributed by atoms with Gasteiger partial charge < -0.3 is 15.3 Å². The molecule has 0 saturated heterocycles. The zero-order chi connectivity index (χ0) is 35.5. The fourth-order valence-electron chi connectivity index (χ4n) is 5.25. The molecule has 0 spiro atoms. The van der Waals surface area contributed by atoms with Crippen LogP contribution in [0.15, 0.2) is 34.1 Å². The summed E-state index contributed by atoms with van der Waals surface area (Å²) in [5.74, 6) is -0.231. The van der Waals surface area contributed by atoms with E-state index in [1.807, 2.05) is 107 Å². The van der Waals surface area contributed by atoms with Gasteiger partial charge in [0, 0.05) is 0 Å². The van der Waals surface area contributed by atoms with Gasteiger partial charge in [0.2, 0.25) is 0 Å². The molecule has 0 bridgehead atoms. The van der Waals surface area contributed by atoms with Gasteiger partial charge in [0.15, 0.2) is 0 Å². The van der Waals surface area contributed by atoms with E-state index in [4.69, 9.17) is 8.37 Å². The van der Waals surface area contributed by atoms with Gasteiger partial charge >= 0.3 is 0 Å². The highest BCUT2D eigenvalue weighted by molar-refractivity contribution is 7.87. The largest absolute Gasteiger partial charge is 0.388 e. The average Bonchev–Trinajstić information content (AvgIpc) is 2.96. The molecule has 262 valence electrons. The SMILES string of the molecule is CC(C)c1cc(C(C)C)c(S(=O)(=O)OC[C@H](O)C(O)[C@@H](O)COS(=O)(=O)c2c(C(C)C)cc(C(C)C)cc2C(C)C)c(C(C)C)c1. The summed E-state index contributed by atoms with van der Waals surface area (Å²) < 4.78 is 64.6. The molecule has 2 aromatic rings. The molecule has 0 radical (unpaired) electrons. The summed E-state index contributed by atoms with van der Waals surface area (Å²) in [5, 5.41) is 31.9. The van der Waals surface area contributed by atoms with Gasteiger partial charge in [-0.15, -0.1) is 0 Å². The molecule has 2 aromatic carbocycles. The first-order chi connectivity index (χ1) is 21.0. The first kappa shape index (κ1) is 40.3. The summed E-state index contributed by atoms with van der Waals surface area (Å²) in [6.07, 6.45) is -5.68. The van der Waals surface area contributed by atoms with Crippen LogP contribution < -0.4 is 0 Å². The smallest absolute Gasteiger partial charge is 0.297 e. The monoisotopic (exact) mass is 684 g/mol. The lowest BCUT2D eigenvalue weighted by Gasteiger charge is -2.25. The zero-order valence-corrected chi connectivity index (χ0v) is 31.2. The molecular formula is C35H56O9S2. The standard InChI is InChI=1S/C35H56O9S2/c1-19(2)25-13-27(21(5)6)34(28(14-25)22(7)8)45(39,40)43-17-31(36)33(38)32(37)18-44-46(41,42)35-29(23(9)10)15-26(20(3)4)16-30(35)24(11)12/h13-16,19-24,31-33,36-38H,17-18H2,1-12H3/t31-,32-/m0/s1. The molecule has 0 aliphatic carbocycles. The number of hydrogen-bond donors (Lipinski definition) is 3. The van der Waals surface area contributed by atoms with Crippen LogP contribution in [-0.4, -0.2) is 63.7 Å². The van der Waals surface area contributed by atoms with E-state index in [-0.39, 0.29) is 45.3 Å². The van der Waals surface area contributed by atoms with Crippen molar-refractivity contribution in [1.29, 1.82) is 0 Å². The van der Waals surface area contributed by atoms with Crippen LogP contribution in [0.1, 0.15) is 152 Å². The maximum absolute atomic E-state index is 13.5. The Morgan fingerprint density at radius 2 is 0.717 bits per heavy atom. The van der Waals surface area contributed by atoms with Crippen LogP contribution in [0.3, 0.4) is 0 Å². The van der Waals surface area contributed by atoms with E-state index < -0.39 is 51.8 Å². The second-order valence-electron chi connectivity index (χ2n) is 14.1. The Balaban J connectivity index is 2.30. The lowest BCUT2D eigenvalue weighted by atomic mass is 9.89. The van der Waals surface area contributed by atoms with E-state index in [2.05, 4.69) is 0 Å². The van der Waals surface area contributed by atoms with Crippen molar-refractivity contribution < 1.29 is 40.5 Å². The summed E-state index contributed by atoms with van der Waals surface area (Å²) in [6.45, 7) is 21.5. The van der Waals surface area contributed by atoms with E-state index in [1.54, 1.807) is 0 Å². The summed E-state index contributed by atoms with van der Waals surface area (Å²) in [5.41, 5.74) is 4.35. The molecule has 0 amide bonds. The molecule has 0 heterocycles. The van der Waals surface area contributed by atoms with Crippen LogP contribution in [0.2, 0.25) is 0 Å². The van der Waals surface area contributed by atoms with Gasteiger partial charge in [0.1, 0.15) is 28.1 Å². The van der Waals surface area contributed by atoms with Crippen molar-refractivity contribution in [3.63, 3.8) is 0 Å². The highest BCUT2D eigenvalue weighted by Crippen LogP contribution is 2.37. The average molecular weight is 685 g/mol. The Hall–Kier alpha value is -1.86. The van der Waals surface area contributed by atoms with Crippen molar-refractivity contribution in [3.8, 4) is 0 Å². The third-order valence-corrected chi connectivity index (χ3v) is 11.1. The fourth-order valence-corrected chi connectivity index (χ4v) is 8.45. The van der Waals surface area contributed by atoms with Crippen molar-refractivity contribution in [3.05, 3.63) is 57.6 Å². The van der Waals surface area contributed by atoms with Gasteiger partial charge in [-0.05, 0) is 68.9 Å². The highest BCUT2D eigenvalue weighted by Gasteiger charge is 2.34. The zero-order valence-electron chi connectivity index (χ0n) is 29.5. The quantitative estimate of drug-likeness (QED) is 0.166. The second-order valence-corrected chi connectivity index (χ2v) is 17.2. The van der Waals surface area contributed by atoms with Gasteiger partial charge in [-0.25, -0.2) is 0 Å². The Labute approximate surface area is 277 Å². The van der Waals surface area contributed by atoms with E-state index in [9.17, 15) is 32.2 Å². The van der Waals surface area contributed by atoms with Gasteiger partial charge in [-0.1, -0.05) is 107 Å². The maximum Gasteiger partial charge on any atom is 0.297 e. The van der Waals surface area contributed by atoms with Gasteiger partial charge in [0.05, 0.1) is 13.2 Å². The Morgan fingerprint density at radius 3 is 0.913 bits per heavy atom. The minimum atomic E-state index is -4.40. The topological polar surface area (TPSA) is 147 Å². The number of aliphatic hydroxyl groups is 3. The first-order valence-electron chi connectivity index (χ1n) is 16.2. The lowest BCUT2D eigenvalue weighted by Crippen LogP contribution is -2.43. The van der Waals surface area contributed by atoms with Crippen LogP contribution in [0.4, 0.5) is 0 Å². The van der Waals surface area contributed by atoms with E-state index in [0.29, 0.717) is 22.3 Å². The highest BCUT2D eigenvalue weighted by atomic mass is 32.2. The number of benzene rings is 2. The molecule has 0 aliphatic rings. The molecule has 0 aromatic heterocycles. The fraction of sp³-hybridized carbons (Fsp3) is 0.657. The molecule has 0 saturated carbocycles. The predicted molar refractivity (Wildman–Crippen MR) is 182 cm³/mol. The molecule has 2 atom stereocenters. The van der Waals surface area contributed by atoms with Crippen LogP contribution in [0.25, 0.3) is 0 Å². The minimum Gasteiger partial charge on any atom is -0.388 e. The van der Waals surface area contributed by atoms with E-state index in [1.165, 1.54) is 0 Å². The Kier molecular flexibility index (Phi) is 14.0. The number of rotatable bonds is 16. The van der Waals surface area contributed by atoms with Crippen LogP contribution in [-0.2, 0) is 28.6 Å².